The SMILES string of the molecule is O=C(Nc1ccc([B-](O)(O)O)cc1)c1ccc(N=Nc2ccc(O)cc2)cc1. The summed E-state index contributed by atoms with van der Waals surface area (Å²) in [6, 6.07) is 18.3. The monoisotopic (exact) mass is 378 g/mol. The Morgan fingerprint density at radius 1 is 0.750 bits per heavy atom. The number of nitrogens with zero attached hydrogens (tertiary/aromatic N) is 2. The number of phenolic OH excluding ortho intramolecular Hbond substituents is 1. The van der Waals surface area contributed by atoms with Crippen LogP contribution in [0.15, 0.2) is 83.0 Å². The molecule has 0 radical (unpaired) electrons. The average Bonchev–Trinajstić information content (AvgIpc) is 2.67. The Labute approximate surface area is 160 Å². The summed E-state index contributed by atoms with van der Waals surface area (Å²) < 4.78 is 0. The van der Waals surface area contributed by atoms with Gasteiger partial charge in [-0.15, -0.1) is 5.46 Å². The summed E-state index contributed by atoms with van der Waals surface area (Å²) in [6.45, 7) is -3.56. The number of aromatic hydroxyl groups is 1. The van der Waals surface area contributed by atoms with E-state index in [1.165, 1.54) is 36.4 Å². The summed E-state index contributed by atoms with van der Waals surface area (Å²) in [6.07, 6.45) is 0. The standard InChI is InChI=1S/C19H17BN3O5/c24-18-11-9-17(10-12-18)23-22-16-5-1-13(2-6-16)19(25)21-15-7-3-14(4-8-15)20(26,27)28/h1-12,24,26-28H,(H,21,25)/q-1. The number of benzene rings is 3. The molecule has 142 valence electrons. The quantitative estimate of drug-likeness (QED) is 0.343. The van der Waals surface area contributed by atoms with Gasteiger partial charge in [-0.2, -0.15) is 10.2 Å². The third-order valence-corrected chi connectivity index (χ3v) is 3.88. The van der Waals surface area contributed by atoms with Gasteiger partial charge in [0.1, 0.15) is 5.75 Å². The van der Waals surface area contributed by atoms with Gasteiger partial charge in [0.15, 0.2) is 0 Å². The fraction of sp³-hybridized carbons (Fsp3) is 0. The second kappa shape index (κ2) is 8.01. The molecular formula is C19H17BN3O5-. The van der Waals surface area contributed by atoms with Gasteiger partial charge in [0.2, 0.25) is 0 Å². The van der Waals surface area contributed by atoms with Crippen LogP contribution >= 0.6 is 0 Å². The summed E-state index contributed by atoms with van der Waals surface area (Å²) in [5.41, 5.74) is 1.92. The molecule has 5 N–H and O–H groups in total. The van der Waals surface area contributed by atoms with Crippen molar-refractivity contribution in [1.29, 1.82) is 0 Å². The van der Waals surface area contributed by atoms with Crippen LogP contribution in [-0.4, -0.2) is 32.8 Å². The molecule has 3 rings (SSSR count). The number of hydrogen-bond acceptors (Lipinski definition) is 7. The number of anilines is 1. The largest absolute Gasteiger partial charge is 0.556 e. The minimum absolute atomic E-state index is 0.0543. The molecule has 0 bridgehead atoms. The molecule has 8 nitrogen and oxygen atoms in total. The number of azo groups is 1. The van der Waals surface area contributed by atoms with Crippen LogP contribution in [0.2, 0.25) is 0 Å². The predicted molar refractivity (Wildman–Crippen MR) is 105 cm³/mol. The Hall–Kier alpha value is -3.53. The van der Waals surface area contributed by atoms with Gasteiger partial charge in [-0.1, -0.05) is 12.1 Å². The lowest BCUT2D eigenvalue weighted by Crippen LogP contribution is -2.48. The topological polar surface area (TPSA) is 135 Å². The fourth-order valence-corrected chi connectivity index (χ4v) is 2.34. The Balaban J connectivity index is 1.64. The van der Waals surface area contributed by atoms with Gasteiger partial charge in [-0.25, -0.2) is 0 Å². The minimum atomic E-state index is -3.56. The van der Waals surface area contributed by atoms with E-state index >= 15 is 0 Å². The van der Waals surface area contributed by atoms with Crippen LogP contribution in [0.3, 0.4) is 0 Å². The first-order valence-electron chi connectivity index (χ1n) is 8.35. The molecule has 0 fully saturated rings. The second-order valence-corrected chi connectivity index (χ2v) is 6.07. The van der Waals surface area contributed by atoms with Crippen molar-refractivity contribution in [2.75, 3.05) is 5.32 Å². The third-order valence-electron chi connectivity index (χ3n) is 3.88. The molecule has 0 aromatic heterocycles. The zero-order valence-electron chi connectivity index (χ0n) is 14.6. The molecule has 0 unspecified atom stereocenters. The molecule has 0 aliphatic carbocycles. The third kappa shape index (κ3) is 5.01. The van der Waals surface area contributed by atoms with Crippen molar-refractivity contribution < 1.29 is 25.0 Å². The fourth-order valence-electron chi connectivity index (χ4n) is 2.34. The van der Waals surface area contributed by atoms with E-state index in [0.29, 0.717) is 22.6 Å². The highest BCUT2D eigenvalue weighted by molar-refractivity contribution is 6.71. The van der Waals surface area contributed by atoms with Crippen molar-refractivity contribution in [3.63, 3.8) is 0 Å². The van der Waals surface area contributed by atoms with Crippen molar-refractivity contribution in [1.82, 2.24) is 0 Å². The van der Waals surface area contributed by atoms with Crippen LogP contribution in [-0.2, 0) is 0 Å². The second-order valence-electron chi connectivity index (χ2n) is 6.07. The molecule has 0 heterocycles. The Kier molecular flexibility index (Phi) is 5.50. The van der Waals surface area contributed by atoms with Gasteiger partial charge < -0.3 is 25.5 Å². The number of amides is 1. The number of carbonyl (C=O) groups is 1. The highest BCUT2D eigenvalue weighted by atomic mass is 16.5. The van der Waals surface area contributed by atoms with Crippen molar-refractivity contribution in [3.8, 4) is 5.75 Å². The molecule has 0 spiro atoms. The molecule has 0 aliphatic rings. The van der Waals surface area contributed by atoms with Gasteiger partial charge in [0, 0.05) is 11.3 Å². The smallest absolute Gasteiger partial charge is 0.402 e. The summed E-state index contributed by atoms with van der Waals surface area (Å²) in [4.78, 5) is 12.3. The zero-order valence-corrected chi connectivity index (χ0v) is 14.6. The van der Waals surface area contributed by atoms with E-state index in [-0.39, 0.29) is 17.1 Å². The predicted octanol–water partition coefficient (Wildman–Crippen LogP) is 2.18. The van der Waals surface area contributed by atoms with Gasteiger partial charge in [0.05, 0.1) is 11.4 Å². The lowest BCUT2D eigenvalue weighted by Gasteiger charge is -2.21. The first-order chi connectivity index (χ1) is 13.3. The van der Waals surface area contributed by atoms with Gasteiger partial charge in [-0.05, 0) is 60.7 Å². The van der Waals surface area contributed by atoms with Crippen LogP contribution in [0.1, 0.15) is 10.4 Å². The lowest BCUT2D eigenvalue weighted by atomic mass is 9.71. The molecular weight excluding hydrogens is 361 g/mol. The van der Waals surface area contributed by atoms with Crippen molar-refractivity contribution in [2.24, 2.45) is 10.2 Å². The molecule has 9 heteroatoms. The van der Waals surface area contributed by atoms with Crippen LogP contribution in [0.25, 0.3) is 0 Å². The molecule has 0 atom stereocenters. The number of rotatable bonds is 5. The van der Waals surface area contributed by atoms with Gasteiger partial charge in [0.25, 0.3) is 5.91 Å². The first kappa shape index (κ1) is 19.2. The van der Waals surface area contributed by atoms with Crippen LogP contribution in [0.4, 0.5) is 17.1 Å². The van der Waals surface area contributed by atoms with Crippen molar-refractivity contribution in [2.45, 2.75) is 0 Å². The number of hydrogen-bond donors (Lipinski definition) is 5. The molecule has 28 heavy (non-hydrogen) atoms. The highest BCUT2D eigenvalue weighted by Gasteiger charge is 2.17. The average molecular weight is 378 g/mol. The summed E-state index contributed by atoms with van der Waals surface area (Å²) in [5.74, 6) is -0.211. The van der Waals surface area contributed by atoms with Crippen LogP contribution in [0, 0.1) is 0 Å². The molecule has 3 aromatic carbocycles. The molecule has 0 saturated heterocycles. The summed E-state index contributed by atoms with van der Waals surface area (Å²) in [7, 11) is 0. The van der Waals surface area contributed by atoms with Crippen LogP contribution < -0.4 is 10.8 Å². The van der Waals surface area contributed by atoms with E-state index in [1.54, 1.807) is 36.4 Å². The molecule has 0 aliphatic heterocycles. The maximum Gasteiger partial charge on any atom is 0.402 e. The lowest BCUT2D eigenvalue weighted by molar-refractivity contribution is 0.102. The van der Waals surface area contributed by atoms with E-state index in [2.05, 4.69) is 15.5 Å². The Morgan fingerprint density at radius 2 is 1.25 bits per heavy atom. The number of nitrogens with one attached hydrogen (secondary N) is 1. The molecule has 0 saturated carbocycles. The van der Waals surface area contributed by atoms with Gasteiger partial charge >= 0.3 is 6.75 Å². The molecule has 1 amide bonds. The Morgan fingerprint density at radius 3 is 1.75 bits per heavy atom. The van der Waals surface area contributed by atoms with Gasteiger partial charge in [-0.3, -0.25) is 4.79 Å². The number of phenols is 1. The van der Waals surface area contributed by atoms with E-state index in [0.717, 1.165) is 0 Å². The van der Waals surface area contributed by atoms with Crippen LogP contribution in [0.5, 0.6) is 5.75 Å². The molecule has 3 aromatic rings. The van der Waals surface area contributed by atoms with E-state index in [4.69, 9.17) is 15.1 Å². The zero-order chi connectivity index (χ0) is 20.1. The maximum atomic E-state index is 12.3. The van der Waals surface area contributed by atoms with Crippen molar-refractivity contribution >= 4 is 35.2 Å². The Bertz CT molecular complexity index is 982. The first-order valence-corrected chi connectivity index (χ1v) is 8.35. The van der Waals surface area contributed by atoms with E-state index in [1.807, 2.05) is 0 Å². The van der Waals surface area contributed by atoms with E-state index in [9.17, 15) is 9.90 Å². The normalized spacial score (nSPS) is 11.5. The summed E-state index contributed by atoms with van der Waals surface area (Å²) >= 11 is 0. The van der Waals surface area contributed by atoms with Crippen molar-refractivity contribution in [3.05, 3.63) is 78.4 Å². The van der Waals surface area contributed by atoms with E-state index < -0.39 is 6.75 Å². The minimum Gasteiger partial charge on any atom is -0.556 e. The maximum absolute atomic E-state index is 12.3. The number of carbonyl (C=O) groups excluding carboxylic acids is 1. The highest BCUT2D eigenvalue weighted by Crippen LogP contribution is 2.21. The summed E-state index contributed by atoms with van der Waals surface area (Å²) in [5, 5.41) is 47.5.